The molecule has 4 aromatic carbocycles. The van der Waals surface area contributed by atoms with Gasteiger partial charge in [0.05, 0.1) is 24.9 Å². The molecular weight excluding hydrogens is 693 g/mol. The summed E-state index contributed by atoms with van der Waals surface area (Å²) >= 11 is 0. The van der Waals surface area contributed by atoms with E-state index in [-0.39, 0.29) is 37.1 Å². The maximum absolute atomic E-state index is 12.8. The molecule has 55 heavy (non-hydrogen) atoms. The zero-order chi connectivity index (χ0) is 38.0. The van der Waals surface area contributed by atoms with Gasteiger partial charge in [-0.3, -0.25) is 9.69 Å². The molecular formula is C44H48N6O5. The number of amides is 2. The van der Waals surface area contributed by atoms with Crippen molar-refractivity contribution in [2.75, 3.05) is 37.6 Å². The number of aliphatic hydroxyl groups is 1. The van der Waals surface area contributed by atoms with Crippen LogP contribution in [0.15, 0.2) is 128 Å². The van der Waals surface area contributed by atoms with Crippen molar-refractivity contribution in [2.45, 2.75) is 57.0 Å². The summed E-state index contributed by atoms with van der Waals surface area (Å²) < 4.78 is 13.9. The molecule has 3 heterocycles. The Morgan fingerprint density at radius 2 is 1.38 bits per heavy atom. The number of nitrogens with one attached hydrogen (secondary N) is 2. The Bertz CT molecular complexity index is 1960. The van der Waals surface area contributed by atoms with Gasteiger partial charge >= 0.3 is 6.03 Å². The van der Waals surface area contributed by atoms with Crippen LogP contribution in [0, 0.1) is 0 Å². The van der Waals surface area contributed by atoms with Crippen LogP contribution in [-0.2, 0) is 33.8 Å². The lowest BCUT2D eigenvalue weighted by molar-refractivity contribution is -0.263. The molecule has 2 fully saturated rings. The summed E-state index contributed by atoms with van der Waals surface area (Å²) in [7, 11) is 0. The predicted molar refractivity (Wildman–Crippen MR) is 210 cm³/mol. The van der Waals surface area contributed by atoms with Gasteiger partial charge in [0.1, 0.15) is 0 Å². The third kappa shape index (κ3) is 9.81. The maximum atomic E-state index is 12.8. The second kappa shape index (κ2) is 18.2. The Kier molecular flexibility index (Phi) is 12.6. The van der Waals surface area contributed by atoms with Gasteiger partial charge in [-0.2, -0.15) is 0 Å². The minimum Gasteiger partial charge on any atom is -0.392 e. The molecule has 0 aliphatic carbocycles. The lowest BCUT2D eigenvalue weighted by Gasteiger charge is -2.45. The Morgan fingerprint density at radius 3 is 2.04 bits per heavy atom. The third-order valence-corrected chi connectivity index (χ3v) is 10.4. The number of ether oxygens (including phenoxy) is 2. The smallest absolute Gasteiger partial charge is 0.315 e. The molecule has 3 N–H and O–H groups in total. The lowest BCUT2D eigenvalue weighted by Crippen LogP contribution is -2.51. The minimum absolute atomic E-state index is 0.0316. The van der Waals surface area contributed by atoms with Crippen molar-refractivity contribution in [2.24, 2.45) is 0 Å². The quantitative estimate of drug-likeness (QED) is 0.139. The van der Waals surface area contributed by atoms with Crippen molar-refractivity contribution >= 4 is 17.8 Å². The summed E-state index contributed by atoms with van der Waals surface area (Å²) in [6.45, 7) is 5.76. The van der Waals surface area contributed by atoms with Gasteiger partial charge in [0.2, 0.25) is 5.95 Å². The molecule has 0 spiro atoms. The number of nitrogens with zero attached hydrogens (tertiary/aromatic N) is 4. The first kappa shape index (κ1) is 37.8. The fourth-order valence-corrected chi connectivity index (χ4v) is 7.34. The summed E-state index contributed by atoms with van der Waals surface area (Å²) in [6.07, 6.45) is 2.80. The van der Waals surface area contributed by atoms with E-state index in [1.807, 2.05) is 91.0 Å². The van der Waals surface area contributed by atoms with Gasteiger partial charge in [-0.1, -0.05) is 109 Å². The second-order valence-corrected chi connectivity index (χ2v) is 14.2. The molecule has 2 saturated heterocycles. The van der Waals surface area contributed by atoms with E-state index in [2.05, 4.69) is 54.7 Å². The molecule has 5 atom stereocenters. The summed E-state index contributed by atoms with van der Waals surface area (Å²) in [5, 5.41) is 15.5. The highest BCUT2D eigenvalue weighted by molar-refractivity contribution is 5.87. The number of rotatable bonds is 13. The molecule has 11 heteroatoms. The molecule has 0 bridgehead atoms. The molecule has 7 rings (SSSR count). The first-order chi connectivity index (χ1) is 26.9. The highest BCUT2D eigenvalue weighted by atomic mass is 16.7. The number of hydrogen-bond donors (Lipinski definition) is 3. The molecule has 2 aliphatic rings. The SMILES string of the molecule is CC(=O)C(Cc1ccccc1)NC(=O)NCc1ccc(C2OC(CN3CCN(c4ncccn4)CC3)C(c3ccccc3)C(c3ccc(CO)cc3)O2)cc1. The zero-order valence-corrected chi connectivity index (χ0v) is 31.0. The molecule has 0 radical (unpaired) electrons. The van der Waals surface area contributed by atoms with E-state index in [1.165, 1.54) is 6.92 Å². The van der Waals surface area contributed by atoms with E-state index >= 15 is 0 Å². The Balaban J connectivity index is 1.07. The molecule has 0 saturated carbocycles. The number of Topliss-reactive ketones (excluding diaryl/α,β-unsaturated/α-hetero) is 1. The van der Waals surface area contributed by atoms with Gasteiger partial charge in [-0.25, -0.2) is 14.8 Å². The standard InChI is InChI=1S/C44H48N6O5/c1-31(52)38(27-32-9-4-2-5-10-32)48-44(53)47-28-33-13-19-37(20-14-33)42-54-39(29-49-23-25-50(26-24-49)43-45-21-8-22-46-43)40(35-11-6-3-7-12-35)41(55-42)36-17-15-34(30-51)16-18-36/h2-22,38-42,51H,23-30H2,1H3,(H2,47,48,53). The van der Waals surface area contributed by atoms with E-state index in [0.29, 0.717) is 13.0 Å². The first-order valence-electron chi connectivity index (χ1n) is 18.9. The fourth-order valence-electron chi connectivity index (χ4n) is 7.34. The van der Waals surface area contributed by atoms with Gasteiger partial charge in [0.25, 0.3) is 0 Å². The fraction of sp³-hybridized carbons (Fsp3) is 0.318. The molecule has 5 aromatic rings. The molecule has 284 valence electrons. The summed E-state index contributed by atoms with van der Waals surface area (Å²) in [4.78, 5) is 38.7. The Morgan fingerprint density at radius 1 is 0.745 bits per heavy atom. The van der Waals surface area contributed by atoms with Crippen LogP contribution in [0.5, 0.6) is 0 Å². The van der Waals surface area contributed by atoms with Crippen LogP contribution >= 0.6 is 0 Å². The Hall–Kier alpha value is -5.46. The number of benzene rings is 4. The zero-order valence-electron chi connectivity index (χ0n) is 31.0. The van der Waals surface area contributed by atoms with Gasteiger partial charge in [0, 0.05) is 63.1 Å². The normalized spacial score (nSPS) is 20.7. The van der Waals surface area contributed by atoms with Gasteiger partial charge in [0.15, 0.2) is 12.1 Å². The summed E-state index contributed by atoms with van der Waals surface area (Å²) in [6, 6.07) is 36.7. The predicted octanol–water partition coefficient (Wildman–Crippen LogP) is 5.73. The first-order valence-corrected chi connectivity index (χ1v) is 18.9. The third-order valence-electron chi connectivity index (χ3n) is 10.4. The van der Waals surface area contributed by atoms with E-state index < -0.39 is 18.4 Å². The number of aromatic nitrogens is 2. The topological polar surface area (TPSA) is 129 Å². The molecule has 11 nitrogen and oxygen atoms in total. The van der Waals surface area contributed by atoms with Crippen LogP contribution in [0.3, 0.4) is 0 Å². The van der Waals surface area contributed by atoms with Crippen LogP contribution in [0.25, 0.3) is 0 Å². The van der Waals surface area contributed by atoms with Crippen molar-refractivity contribution in [3.63, 3.8) is 0 Å². The van der Waals surface area contributed by atoms with Crippen LogP contribution in [0.2, 0.25) is 0 Å². The van der Waals surface area contributed by atoms with Crippen molar-refractivity contribution in [1.29, 1.82) is 0 Å². The van der Waals surface area contributed by atoms with Gasteiger partial charge in [-0.05, 0) is 47.2 Å². The van der Waals surface area contributed by atoms with Crippen molar-refractivity contribution in [3.8, 4) is 0 Å². The minimum atomic E-state index is -0.647. The van der Waals surface area contributed by atoms with E-state index in [9.17, 15) is 14.7 Å². The lowest BCUT2D eigenvalue weighted by atomic mass is 9.83. The van der Waals surface area contributed by atoms with Crippen molar-refractivity contribution < 1.29 is 24.2 Å². The number of hydrogen-bond acceptors (Lipinski definition) is 9. The maximum Gasteiger partial charge on any atom is 0.315 e. The molecule has 2 aliphatic heterocycles. The molecule has 1 aromatic heterocycles. The largest absolute Gasteiger partial charge is 0.392 e. The Labute approximate surface area is 322 Å². The monoisotopic (exact) mass is 740 g/mol. The number of piperazine rings is 1. The van der Waals surface area contributed by atoms with Gasteiger partial charge < -0.3 is 30.1 Å². The number of urea groups is 1. The molecule has 2 amide bonds. The van der Waals surface area contributed by atoms with Crippen LogP contribution in [0.4, 0.5) is 10.7 Å². The number of ketones is 1. The van der Waals surface area contributed by atoms with Gasteiger partial charge in [-0.15, -0.1) is 0 Å². The van der Waals surface area contributed by atoms with Crippen molar-refractivity contribution in [3.05, 3.63) is 161 Å². The van der Waals surface area contributed by atoms with E-state index in [1.54, 1.807) is 12.4 Å². The number of aliphatic hydroxyl groups excluding tert-OH is 1. The van der Waals surface area contributed by atoms with Crippen LogP contribution in [0.1, 0.15) is 58.6 Å². The van der Waals surface area contributed by atoms with E-state index in [4.69, 9.17) is 9.47 Å². The number of carbonyl (C=O) groups is 2. The highest BCUT2D eigenvalue weighted by Gasteiger charge is 2.43. The summed E-state index contributed by atoms with van der Waals surface area (Å²) in [5.41, 5.74) is 5.73. The number of anilines is 1. The average molecular weight is 741 g/mol. The summed E-state index contributed by atoms with van der Waals surface area (Å²) in [5.74, 6) is 0.548. The van der Waals surface area contributed by atoms with Crippen LogP contribution < -0.4 is 15.5 Å². The average Bonchev–Trinajstić information content (AvgIpc) is 3.24. The number of carbonyl (C=O) groups excluding carboxylic acids is 2. The highest BCUT2D eigenvalue weighted by Crippen LogP contribution is 2.47. The van der Waals surface area contributed by atoms with Crippen molar-refractivity contribution in [1.82, 2.24) is 25.5 Å². The van der Waals surface area contributed by atoms with E-state index in [0.717, 1.165) is 65.5 Å². The van der Waals surface area contributed by atoms with Crippen LogP contribution in [-0.4, -0.2) is 76.7 Å². The second-order valence-electron chi connectivity index (χ2n) is 14.2. The molecule has 5 unspecified atom stereocenters.